The molecule has 0 aromatic rings. The maximum Gasteiger partial charge on any atom is 2.00 e. The van der Waals surface area contributed by atoms with E-state index in [-0.39, 0.29) is 36.1 Å². The minimum absolute atomic E-state index is 0. The van der Waals surface area contributed by atoms with Crippen LogP contribution < -0.4 is 0 Å². The third-order valence-corrected chi connectivity index (χ3v) is 3.91. The first-order valence-corrected chi connectivity index (χ1v) is 10.8. The third kappa shape index (κ3) is 36.7. The van der Waals surface area contributed by atoms with Crippen molar-refractivity contribution < 1.29 is 9.47 Å². The van der Waals surface area contributed by atoms with Crippen LogP contribution in [0.4, 0.5) is 0 Å². The minimum Gasteiger partial charge on any atom is -0.514 e. The fourth-order valence-electron chi connectivity index (χ4n) is 2.08. The molecular weight excluding hydrogens is 584 g/mol. The Kier molecular flexibility index (Phi) is 33.8. The SMILES string of the molecule is CCCCCCCCOC(=S)[S-].CCCCCCCCOC(=S)[S-].[Pb+2]. The van der Waals surface area contributed by atoms with Crippen LogP contribution in [-0.2, 0) is 34.7 Å². The Morgan fingerprint density at radius 1 is 0.600 bits per heavy atom. The molecule has 2 nitrogen and oxygen atoms in total. The van der Waals surface area contributed by atoms with Crippen LogP contribution in [0.25, 0.3) is 0 Å². The predicted molar refractivity (Wildman–Crippen MR) is 124 cm³/mol. The molecule has 0 aliphatic carbocycles. The molecule has 0 aromatic carbocycles. The van der Waals surface area contributed by atoms with Crippen molar-refractivity contribution in [3.8, 4) is 0 Å². The quantitative estimate of drug-likeness (QED) is 0.102. The zero-order chi connectivity index (χ0) is 18.5. The summed E-state index contributed by atoms with van der Waals surface area (Å²) in [5.74, 6) is 0. The predicted octanol–water partition coefficient (Wildman–Crippen LogP) is 6.01. The second-order valence-electron chi connectivity index (χ2n) is 5.73. The van der Waals surface area contributed by atoms with Crippen LogP contribution in [0.1, 0.15) is 90.9 Å². The van der Waals surface area contributed by atoms with Crippen LogP contribution in [0.5, 0.6) is 0 Å². The summed E-state index contributed by atoms with van der Waals surface area (Å²) >= 11 is 18.4. The van der Waals surface area contributed by atoms with E-state index in [1.54, 1.807) is 0 Å². The molecule has 0 N–H and O–H groups in total. The summed E-state index contributed by atoms with van der Waals surface area (Å²) in [6.07, 6.45) is 15.2. The van der Waals surface area contributed by atoms with Gasteiger partial charge in [-0.1, -0.05) is 78.1 Å². The summed E-state index contributed by atoms with van der Waals surface area (Å²) in [6.45, 7) is 5.85. The second-order valence-corrected chi connectivity index (χ2v) is 7.73. The second kappa shape index (κ2) is 27.4. The Morgan fingerprint density at radius 3 is 1.16 bits per heavy atom. The van der Waals surface area contributed by atoms with Crippen molar-refractivity contribution in [1.29, 1.82) is 0 Å². The van der Waals surface area contributed by atoms with Crippen molar-refractivity contribution >= 4 is 85.8 Å². The smallest absolute Gasteiger partial charge is 0.514 e. The van der Waals surface area contributed by atoms with Gasteiger partial charge in [-0.3, -0.25) is 0 Å². The van der Waals surface area contributed by atoms with Crippen LogP contribution in [0.2, 0.25) is 0 Å². The fraction of sp³-hybridized carbons (Fsp3) is 0.889. The summed E-state index contributed by atoms with van der Waals surface area (Å²) in [5.41, 5.74) is 0. The van der Waals surface area contributed by atoms with Crippen LogP contribution in [-0.4, -0.2) is 49.3 Å². The molecule has 25 heavy (non-hydrogen) atoms. The molecule has 146 valence electrons. The molecular formula is C18H34O2PbS4. The Labute approximate surface area is 197 Å². The summed E-state index contributed by atoms with van der Waals surface area (Å²) in [5, 5.41) is 0. The molecule has 0 unspecified atom stereocenters. The minimum atomic E-state index is 0. The van der Waals surface area contributed by atoms with E-state index < -0.39 is 0 Å². The first-order chi connectivity index (χ1) is 11.5. The van der Waals surface area contributed by atoms with E-state index >= 15 is 0 Å². The maximum atomic E-state index is 4.99. The van der Waals surface area contributed by atoms with Crippen molar-refractivity contribution in [2.24, 2.45) is 0 Å². The molecule has 0 spiro atoms. The van der Waals surface area contributed by atoms with Crippen molar-refractivity contribution in [2.45, 2.75) is 90.9 Å². The van der Waals surface area contributed by atoms with Gasteiger partial charge in [0.1, 0.15) is 0 Å². The molecule has 0 aliphatic heterocycles. The molecule has 0 saturated heterocycles. The Bertz CT molecular complexity index is 264. The molecule has 0 amide bonds. The van der Waals surface area contributed by atoms with Crippen LogP contribution in [0.3, 0.4) is 0 Å². The van der Waals surface area contributed by atoms with E-state index in [1.807, 2.05) is 0 Å². The van der Waals surface area contributed by atoms with Crippen molar-refractivity contribution in [3.63, 3.8) is 0 Å². The monoisotopic (exact) mass is 618 g/mol. The topological polar surface area (TPSA) is 18.5 Å². The first-order valence-electron chi connectivity index (χ1n) is 9.22. The van der Waals surface area contributed by atoms with Gasteiger partial charge in [-0.15, -0.1) is 0 Å². The first kappa shape index (κ1) is 30.9. The third-order valence-electron chi connectivity index (χ3n) is 3.44. The van der Waals surface area contributed by atoms with Gasteiger partial charge >= 0.3 is 27.3 Å². The standard InChI is InChI=1S/2C9H18OS2.Pb/c2*1-2-3-4-5-6-7-8-10-9(11)12;/h2*2-8H2,1H3,(H,11,12);/q;;+2/p-2. The van der Waals surface area contributed by atoms with Gasteiger partial charge in [-0.2, -0.15) is 0 Å². The van der Waals surface area contributed by atoms with Crippen molar-refractivity contribution in [2.75, 3.05) is 13.2 Å². The van der Waals surface area contributed by atoms with Gasteiger partial charge in [-0.05, 0) is 12.8 Å². The van der Waals surface area contributed by atoms with Gasteiger partial charge in [0.05, 0.1) is 13.2 Å². The fourth-order valence-corrected chi connectivity index (χ4v) is 2.41. The summed E-state index contributed by atoms with van der Waals surface area (Å²) in [4.78, 5) is 0. The molecule has 0 aromatic heterocycles. The van der Waals surface area contributed by atoms with E-state index in [9.17, 15) is 0 Å². The molecule has 0 heterocycles. The molecule has 2 radical (unpaired) electrons. The van der Waals surface area contributed by atoms with Crippen molar-refractivity contribution in [1.82, 2.24) is 0 Å². The largest absolute Gasteiger partial charge is 2.00 e. The van der Waals surface area contributed by atoms with Gasteiger partial charge < -0.3 is 59.2 Å². The van der Waals surface area contributed by atoms with Crippen LogP contribution in [0.15, 0.2) is 0 Å². The number of rotatable bonds is 14. The number of hydrogen-bond donors (Lipinski definition) is 0. The van der Waals surface area contributed by atoms with Crippen LogP contribution in [0, 0.1) is 0 Å². The normalized spacial score (nSPS) is 9.36. The van der Waals surface area contributed by atoms with Crippen LogP contribution >= 0.6 is 24.4 Å². The molecule has 7 heteroatoms. The number of hydrogen-bond acceptors (Lipinski definition) is 6. The summed E-state index contributed by atoms with van der Waals surface area (Å²) < 4.78 is 10.5. The maximum absolute atomic E-state index is 4.99. The molecule has 0 atom stereocenters. The van der Waals surface area contributed by atoms with E-state index in [0.717, 1.165) is 12.8 Å². The van der Waals surface area contributed by atoms with E-state index in [0.29, 0.717) is 13.2 Å². The van der Waals surface area contributed by atoms with Gasteiger partial charge in [-0.25, -0.2) is 0 Å². The summed E-state index contributed by atoms with van der Waals surface area (Å²) in [6, 6.07) is 0. The van der Waals surface area contributed by atoms with Gasteiger partial charge in [0.25, 0.3) is 0 Å². The molecule has 0 rings (SSSR count). The molecule has 0 aliphatic rings. The number of thiocarbonyl (C=S) groups is 2. The number of unbranched alkanes of at least 4 members (excludes halogenated alkanes) is 10. The van der Waals surface area contributed by atoms with E-state index in [2.05, 4.69) is 63.5 Å². The van der Waals surface area contributed by atoms with Gasteiger partial charge in [0, 0.05) is 8.77 Å². The number of ether oxygens (including phenoxy) is 2. The summed E-state index contributed by atoms with van der Waals surface area (Å²) in [7, 11) is 0. The van der Waals surface area contributed by atoms with Gasteiger partial charge in [0.15, 0.2) is 0 Å². The Balaban J connectivity index is -0.000000372. The Hall–Kier alpha value is 1.14. The molecule has 0 fully saturated rings. The van der Waals surface area contributed by atoms with Gasteiger partial charge in [0.2, 0.25) is 0 Å². The van der Waals surface area contributed by atoms with Crippen molar-refractivity contribution in [3.05, 3.63) is 0 Å². The van der Waals surface area contributed by atoms with E-state index in [4.69, 9.17) is 9.47 Å². The average molecular weight is 618 g/mol. The van der Waals surface area contributed by atoms with E-state index in [1.165, 1.54) is 64.2 Å². The Morgan fingerprint density at radius 2 is 0.880 bits per heavy atom. The zero-order valence-electron chi connectivity index (χ0n) is 15.8. The molecule has 0 bridgehead atoms. The zero-order valence-corrected chi connectivity index (χ0v) is 23.0. The average Bonchev–Trinajstić information content (AvgIpc) is 2.53. The molecule has 0 saturated carbocycles.